The Morgan fingerprint density at radius 2 is 2.13 bits per heavy atom. The standard InChI is InChI=1S/C12H14O3/c1-2-3-8-11(13)9-6-4-5-7-10(9)12(14)15/h2,4-7,11,13H,1,3,8H2,(H,14,15)/t11-/m0/s1. The first-order chi connectivity index (χ1) is 7.16. The van der Waals surface area contributed by atoms with Crippen molar-refractivity contribution < 1.29 is 15.0 Å². The maximum Gasteiger partial charge on any atom is 0.336 e. The van der Waals surface area contributed by atoms with Crippen LogP contribution in [0.2, 0.25) is 0 Å². The van der Waals surface area contributed by atoms with Crippen molar-refractivity contribution in [3.63, 3.8) is 0 Å². The molecular weight excluding hydrogens is 192 g/mol. The number of hydrogen-bond donors (Lipinski definition) is 2. The number of rotatable bonds is 5. The molecule has 0 fully saturated rings. The largest absolute Gasteiger partial charge is 0.478 e. The number of carbonyl (C=O) groups is 1. The van der Waals surface area contributed by atoms with E-state index in [0.717, 1.165) is 0 Å². The summed E-state index contributed by atoms with van der Waals surface area (Å²) < 4.78 is 0. The third-order valence-electron chi connectivity index (χ3n) is 2.19. The predicted octanol–water partition coefficient (Wildman–Crippen LogP) is 2.38. The van der Waals surface area contributed by atoms with Crippen molar-refractivity contribution in [3.05, 3.63) is 48.0 Å². The molecule has 3 heteroatoms. The van der Waals surface area contributed by atoms with Gasteiger partial charge < -0.3 is 10.2 Å². The topological polar surface area (TPSA) is 57.5 Å². The number of carboxylic acids is 1. The highest BCUT2D eigenvalue weighted by Gasteiger charge is 2.15. The van der Waals surface area contributed by atoms with E-state index in [1.807, 2.05) is 0 Å². The summed E-state index contributed by atoms with van der Waals surface area (Å²) in [5.74, 6) is -1.01. The summed E-state index contributed by atoms with van der Waals surface area (Å²) in [7, 11) is 0. The van der Waals surface area contributed by atoms with Crippen LogP contribution < -0.4 is 0 Å². The number of aromatic carboxylic acids is 1. The van der Waals surface area contributed by atoms with Crippen LogP contribution in [0.5, 0.6) is 0 Å². The van der Waals surface area contributed by atoms with Gasteiger partial charge in [-0.25, -0.2) is 4.79 Å². The van der Waals surface area contributed by atoms with Crippen LogP contribution in [0.25, 0.3) is 0 Å². The van der Waals surface area contributed by atoms with Gasteiger partial charge in [-0.05, 0) is 24.5 Å². The normalized spacial score (nSPS) is 12.1. The lowest BCUT2D eigenvalue weighted by atomic mass is 9.99. The van der Waals surface area contributed by atoms with Crippen molar-refractivity contribution in [3.8, 4) is 0 Å². The maximum absolute atomic E-state index is 10.9. The zero-order valence-electron chi connectivity index (χ0n) is 8.39. The first kappa shape index (κ1) is 11.5. The highest BCUT2D eigenvalue weighted by molar-refractivity contribution is 5.89. The summed E-state index contributed by atoms with van der Waals surface area (Å²) in [5, 5.41) is 18.7. The molecule has 1 aromatic rings. The van der Waals surface area contributed by atoms with E-state index in [1.54, 1.807) is 24.3 Å². The van der Waals surface area contributed by atoms with E-state index in [-0.39, 0.29) is 5.56 Å². The van der Waals surface area contributed by atoms with Gasteiger partial charge in [0.15, 0.2) is 0 Å². The summed E-state index contributed by atoms with van der Waals surface area (Å²) in [6.45, 7) is 3.56. The molecule has 80 valence electrons. The smallest absolute Gasteiger partial charge is 0.336 e. The Balaban J connectivity index is 2.91. The highest BCUT2D eigenvalue weighted by Crippen LogP contribution is 2.22. The van der Waals surface area contributed by atoms with Gasteiger partial charge in [-0.15, -0.1) is 6.58 Å². The van der Waals surface area contributed by atoms with Gasteiger partial charge in [0.2, 0.25) is 0 Å². The van der Waals surface area contributed by atoms with E-state index in [1.165, 1.54) is 6.07 Å². The van der Waals surface area contributed by atoms with Gasteiger partial charge >= 0.3 is 5.97 Å². The minimum Gasteiger partial charge on any atom is -0.478 e. The first-order valence-electron chi connectivity index (χ1n) is 4.78. The molecule has 1 aromatic carbocycles. The van der Waals surface area contributed by atoms with Crippen LogP contribution in [-0.2, 0) is 0 Å². The van der Waals surface area contributed by atoms with Crippen LogP contribution in [0.15, 0.2) is 36.9 Å². The lowest BCUT2D eigenvalue weighted by Crippen LogP contribution is -2.06. The minimum atomic E-state index is -1.01. The molecule has 1 rings (SSSR count). The fourth-order valence-corrected chi connectivity index (χ4v) is 1.41. The Morgan fingerprint density at radius 3 is 2.73 bits per heavy atom. The summed E-state index contributed by atoms with van der Waals surface area (Å²) in [6, 6.07) is 6.50. The van der Waals surface area contributed by atoms with Gasteiger partial charge in [0.25, 0.3) is 0 Å². The Morgan fingerprint density at radius 1 is 1.47 bits per heavy atom. The summed E-state index contributed by atoms with van der Waals surface area (Å²) >= 11 is 0. The molecule has 0 saturated carbocycles. The van der Waals surface area contributed by atoms with Crippen molar-refractivity contribution in [2.75, 3.05) is 0 Å². The molecule has 0 aliphatic rings. The zero-order chi connectivity index (χ0) is 11.3. The third-order valence-corrected chi connectivity index (χ3v) is 2.19. The average molecular weight is 206 g/mol. The van der Waals surface area contributed by atoms with E-state index >= 15 is 0 Å². The lowest BCUT2D eigenvalue weighted by molar-refractivity contribution is 0.0688. The van der Waals surface area contributed by atoms with Crippen molar-refractivity contribution in [2.45, 2.75) is 18.9 Å². The number of benzene rings is 1. The Labute approximate surface area is 88.7 Å². The monoisotopic (exact) mass is 206 g/mol. The molecule has 0 heterocycles. The zero-order valence-corrected chi connectivity index (χ0v) is 8.39. The highest BCUT2D eigenvalue weighted by atomic mass is 16.4. The van der Waals surface area contributed by atoms with Crippen LogP contribution in [0.1, 0.15) is 34.9 Å². The Hall–Kier alpha value is -1.61. The molecule has 0 aliphatic heterocycles. The number of aliphatic hydroxyl groups excluding tert-OH is 1. The molecule has 15 heavy (non-hydrogen) atoms. The quantitative estimate of drug-likeness (QED) is 0.727. The molecule has 3 nitrogen and oxygen atoms in total. The molecule has 0 aromatic heterocycles. The fraction of sp³-hybridized carbons (Fsp3) is 0.250. The number of hydrogen-bond acceptors (Lipinski definition) is 2. The van der Waals surface area contributed by atoms with E-state index in [9.17, 15) is 9.90 Å². The number of carboxylic acid groups (broad SMARTS) is 1. The van der Waals surface area contributed by atoms with Crippen molar-refractivity contribution in [1.29, 1.82) is 0 Å². The van der Waals surface area contributed by atoms with Crippen molar-refractivity contribution in [1.82, 2.24) is 0 Å². The summed E-state index contributed by atoms with van der Waals surface area (Å²) in [5.41, 5.74) is 0.626. The van der Waals surface area contributed by atoms with Crippen LogP contribution in [0.4, 0.5) is 0 Å². The molecule has 0 unspecified atom stereocenters. The maximum atomic E-state index is 10.9. The second-order valence-corrected chi connectivity index (χ2v) is 3.27. The molecule has 0 amide bonds. The van der Waals surface area contributed by atoms with Crippen molar-refractivity contribution in [2.24, 2.45) is 0 Å². The molecular formula is C12H14O3. The lowest BCUT2D eigenvalue weighted by Gasteiger charge is -2.12. The average Bonchev–Trinajstić information content (AvgIpc) is 2.25. The van der Waals surface area contributed by atoms with Crippen LogP contribution in [-0.4, -0.2) is 16.2 Å². The molecule has 1 atom stereocenters. The molecule has 0 saturated heterocycles. The molecule has 0 aliphatic carbocycles. The van der Waals surface area contributed by atoms with Gasteiger partial charge in [-0.2, -0.15) is 0 Å². The van der Waals surface area contributed by atoms with E-state index in [4.69, 9.17) is 5.11 Å². The Bertz CT molecular complexity index is 358. The number of aliphatic hydroxyl groups is 1. The summed E-state index contributed by atoms with van der Waals surface area (Å²) in [6.07, 6.45) is 2.12. The van der Waals surface area contributed by atoms with Gasteiger partial charge in [0.05, 0.1) is 11.7 Å². The second kappa shape index (κ2) is 5.32. The summed E-state index contributed by atoms with van der Waals surface area (Å²) in [4.78, 5) is 10.9. The van der Waals surface area contributed by atoms with Crippen LogP contribution in [0.3, 0.4) is 0 Å². The number of allylic oxidation sites excluding steroid dienone is 1. The molecule has 2 N–H and O–H groups in total. The van der Waals surface area contributed by atoms with E-state index < -0.39 is 12.1 Å². The second-order valence-electron chi connectivity index (χ2n) is 3.27. The van der Waals surface area contributed by atoms with Gasteiger partial charge in [0, 0.05) is 0 Å². The van der Waals surface area contributed by atoms with Crippen molar-refractivity contribution >= 4 is 5.97 Å². The van der Waals surface area contributed by atoms with Crippen LogP contribution >= 0.6 is 0 Å². The Kier molecular flexibility index (Phi) is 4.06. The first-order valence-corrected chi connectivity index (χ1v) is 4.78. The molecule has 0 radical (unpaired) electrons. The van der Waals surface area contributed by atoms with Crippen LogP contribution in [0, 0.1) is 0 Å². The van der Waals surface area contributed by atoms with E-state index in [0.29, 0.717) is 18.4 Å². The van der Waals surface area contributed by atoms with Gasteiger partial charge in [-0.3, -0.25) is 0 Å². The molecule has 0 bridgehead atoms. The van der Waals surface area contributed by atoms with Gasteiger partial charge in [-0.1, -0.05) is 24.3 Å². The third kappa shape index (κ3) is 2.92. The predicted molar refractivity (Wildman–Crippen MR) is 57.8 cm³/mol. The SMILES string of the molecule is C=CCC[C@H](O)c1ccccc1C(=O)O. The fourth-order valence-electron chi connectivity index (χ4n) is 1.41. The minimum absolute atomic E-state index is 0.161. The molecule has 0 spiro atoms. The van der Waals surface area contributed by atoms with E-state index in [2.05, 4.69) is 6.58 Å². The van der Waals surface area contributed by atoms with Gasteiger partial charge in [0.1, 0.15) is 0 Å².